The Morgan fingerprint density at radius 2 is 1.88 bits per heavy atom. The van der Waals surface area contributed by atoms with Gasteiger partial charge in [0.1, 0.15) is 16.3 Å². The number of nitrogens with zero attached hydrogens (tertiary/aromatic N) is 3. The molecule has 0 atom stereocenters. The van der Waals surface area contributed by atoms with Crippen molar-refractivity contribution in [2.75, 3.05) is 6.79 Å². The van der Waals surface area contributed by atoms with Crippen molar-refractivity contribution in [3.63, 3.8) is 0 Å². The number of hydrogen-bond acceptors (Lipinski definition) is 7. The van der Waals surface area contributed by atoms with Gasteiger partial charge in [0.25, 0.3) is 5.56 Å². The van der Waals surface area contributed by atoms with E-state index in [2.05, 4.69) is 12.1 Å². The molecular formula is C30H26FN3O3S3. The number of aryl methyl sites for hydroxylation is 4. The summed E-state index contributed by atoms with van der Waals surface area (Å²) in [4.78, 5) is 19.2. The minimum atomic E-state index is -0.355. The molecule has 0 saturated heterocycles. The molecule has 0 saturated carbocycles. The van der Waals surface area contributed by atoms with E-state index in [0.717, 1.165) is 23.2 Å². The fourth-order valence-electron chi connectivity index (χ4n) is 5.02. The number of thiazole rings is 1. The van der Waals surface area contributed by atoms with Crippen LogP contribution in [0.4, 0.5) is 4.39 Å². The van der Waals surface area contributed by atoms with Crippen LogP contribution in [0.15, 0.2) is 70.6 Å². The van der Waals surface area contributed by atoms with Gasteiger partial charge in [-0.25, -0.2) is 9.37 Å². The van der Waals surface area contributed by atoms with Gasteiger partial charge in [0.05, 0.1) is 12.3 Å². The molecule has 5 aromatic rings. The van der Waals surface area contributed by atoms with E-state index >= 15 is 0 Å². The molecule has 3 aromatic carbocycles. The molecule has 0 unspecified atom stereocenters. The second-order valence-electron chi connectivity index (χ2n) is 9.64. The normalized spacial score (nSPS) is 12.9. The standard InChI is InChI=1S/C30H26FN3O3S3/c1-18-7-6-8-19(2)24(18)34-28(35)26-27(33(30(38)40-26)12-11-20-9-4-3-5-10-20)32-29(34)39-16-22-14-23(31)13-21-15-36-17-37-25(21)22/h3-10,13-14H,11-12,15-17H2,1-2H3. The van der Waals surface area contributed by atoms with Crippen molar-refractivity contribution in [2.24, 2.45) is 0 Å². The fraction of sp³-hybridized carbons (Fsp3) is 0.233. The zero-order valence-corrected chi connectivity index (χ0v) is 24.4. The van der Waals surface area contributed by atoms with Gasteiger partial charge >= 0.3 is 0 Å². The van der Waals surface area contributed by atoms with Crippen LogP contribution in [0.3, 0.4) is 0 Å². The predicted octanol–water partition coefficient (Wildman–Crippen LogP) is 7.14. The topological polar surface area (TPSA) is 58.3 Å². The van der Waals surface area contributed by atoms with Gasteiger partial charge in [0.2, 0.25) is 0 Å². The van der Waals surface area contributed by atoms with Crippen LogP contribution in [0, 0.1) is 23.6 Å². The molecule has 0 radical (unpaired) electrons. The fourth-order valence-corrected chi connectivity index (χ4v) is 7.29. The summed E-state index contributed by atoms with van der Waals surface area (Å²) < 4.78 is 30.3. The first-order chi connectivity index (χ1) is 19.4. The summed E-state index contributed by atoms with van der Waals surface area (Å²) in [6, 6.07) is 19.0. The molecule has 6 rings (SSSR count). The number of para-hydroxylation sites is 1. The number of halogens is 1. The Bertz CT molecular complexity index is 1830. The van der Waals surface area contributed by atoms with E-state index in [9.17, 15) is 9.18 Å². The second kappa shape index (κ2) is 11.3. The van der Waals surface area contributed by atoms with Gasteiger partial charge in [-0.2, -0.15) is 0 Å². The average molecular weight is 592 g/mol. The minimum absolute atomic E-state index is 0.117. The molecule has 0 spiro atoms. The van der Waals surface area contributed by atoms with Gasteiger partial charge in [-0.1, -0.05) is 71.6 Å². The van der Waals surface area contributed by atoms with Gasteiger partial charge in [0.15, 0.2) is 21.6 Å². The molecule has 1 aliphatic rings. The molecule has 6 nitrogen and oxygen atoms in total. The summed E-state index contributed by atoms with van der Waals surface area (Å²) in [5.41, 5.74) is 5.67. The Morgan fingerprint density at radius 3 is 2.65 bits per heavy atom. The van der Waals surface area contributed by atoms with Crippen LogP contribution >= 0.6 is 35.3 Å². The second-order valence-corrected chi connectivity index (χ2v) is 12.2. The molecule has 0 aliphatic carbocycles. The maximum absolute atomic E-state index is 14.5. The summed E-state index contributed by atoms with van der Waals surface area (Å²) in [5, 5.41) is 0.515. The molecule has 1 aliphatic heterocycles. The lowest BCUT2D eigenvalue weighted by molar-refractivity contribution is -0.0171. The third-order valence-electron chi connectivity index (χ3n) is 6.90. The third-order valence-corrected chi connectivity index (χ3v) is 9.31. The van der Waals surface area contributed by atoms with Crippen LogP contribution in [0.25, 0.3) is 16.0 Å². The Labute approximate surface area is 244 Å². The Morgan fingerprint density at radius 1 is 1.10 bits per heavy atom. The van der Waals surface area contributed by atoms with E-state index in [4.69, 9.17) is 26.7 Å². The predicted molar refractivity (Wildman–Crippen MR) is 160 cm³/mol. The molecule has 0 N–H and O–H groups in total. The van der Waals surface area contributed by atoms with Crippen LogP contribution in [0.2, 0.25) is 0 Å². The van der Waals surface area contributed by atoms with Crippen molar-refractivity contribution < 1.29 is 13.9 Å². The number of rotatable bonds is 7. The lowest BCUT2D eigenvalue weighted by Crippen LogP contribution is -2.23. The lowest BCUT2D eigenvalue weighted by atomic mass is 10.1. The minimum Gasteiger partial charge on any atom is -0.467 e. The number of ether oxygens (including phenoxy) is 2. The molecular weight excluding hydrogens is 566 g/mol. The van der Waals surface area contributed by atoms with Gasteiger partial charge in [0, 0.05) is 23.4 Å². The smallest absolute Gasteiger partial charge is 0.278 e. The number of benzene rings is 3. The van der Waals surface area contributed by atoms with Gasteiger partial charge in [-0.05, 0) is 61.3 Å². The number of aromatic nitrogens is 3. The van der Waals surface area contributed by atoms with Crippen molar-refractivity contribution >= 4 is 45.7 Å². The maximum atomic E-state index is 14.5. The van der Waals surface area contributed by atoms with Crippen LogP contribution in [-0.4, -0.2) is 20.9 Å². The molecule has 0 fully saturated rings. The van der Waals surface area contributed by atoms with Crippen LogP contribution in [0.1, 0.15) is 27.8 Å². The highest BCUT2D eigenvalue weighted by molar-refractivity contribution is 7.98. The van der Waals surface area contributed by atoms with Crippen molar-refractivity contribution in [3.05, 3.63) is 109 Å². The van der Waals surface area contributed by atoms with Crippen molar-refractivity contribution in [1.29, 1.82) is 0 Å². The SMILES string of the molecule is Cc1cccc(C)c1-n1c(SCc2cc(F)cc3c2OCOC3)nc2c(sc(=S)n2CCc2ccccc2)c1=O. The summed E-state index contributed by atoms with van der Waals surface area (Å²) in [6.45, 7) is 4.98. The highest BCUT2D eigenvalue weighted by Gasteiger charge is 2.22. The molecule has 204 valence electrons. The van der Waals surface area contributed by atoms with Crippen molar-refractivity contribution in [2.45, 2.75) is 44.3 Å². The Kier molecular flexibility index (Phi) is 7.59. The summed E-state index contributed by atoms with van der Waals surface area (Å²) in [5.74, 6) is 0.632. The zero-order valence-electron chi connectivity index (χ0n) is 22.0. The lowest BCUT2D eigenvalue weighted by Gasteiger charge is -2.21. The highest BCUT2D eigenvalue weighted by Crippen LogP contribution is 2.35. The monoisotopic (exact) mass is 591 g/mol. The van der Waals surface area contributed by atoms with Crippen LogP contribution in [0.5, 0.6) is 5.75 Å². The number of hydrogen-bond donors (Lipinski definition) is 0. The molecule has 0 bridgehead atoms. The number of thioether (sulfide) groups is 1. The summed E-state index contributed by atoms with van der Waals surface area (Å²) in [6.07, 6.45) is 0.764. The van der Waals surface area contributed by atoms with E-state index in [1.807, 2.05) is 54.8 Å². The van der Waals surface area contributed by atoms with E-state index in [0.29, 0.717) is 55.2 Å². The maximum Gasteiger partial charge on any atom is 0.278 e. The molecule has 0 amide bonds. The Hall–Kier alpha value is -3.31. The molecule has 2 aromatic heterocycles. The van der Waals surface area contributed by atoms with E-state index in [-0.39, 0.29) is 18.2 Å². The summed E-state index contributed by atoms with van der Waals surface area (Å²) >= 11 is 8.39. The molecule has 3 heterocycles. The Balaban J connectivity index is 1.48. The van der Waals surface area contributed by atoms with Gasteiger partial charge in [-0.15, -0.1) is 0 Å². The molecule has 40 heavy (non-hydrogen) atoms. The quantitative estimate of drug-likeness (QED) is 0.114. The van der Waals surface area contributed by atoms with Crippen LogP contribution < -0.4 is 10.3 Å². The van der Waals surface area contributed by atoms with Crippen molar-refractivity contribution in [3.8, 4) is 11.4 Å². The summed E-state index contributed by atoms with van der Waals surface area (Å²) in [7, 11) is 0. The first-order valence-corrected chi connectivity index (χ1v) is 15.0. The van der Waals surface area contributed by atoms with E-state index < -0.39 is 0 Å². The molecule has 10 heteroatoms. The average Bonchev–Trinajstić information content (AvgIpc) is 3.27. The van der Waals surface area contributed by atoms with Gasteiger partial charge in [-0.3, -0.25) is 9.36 Å². The highest BCUT2D eigenvalue weighted by atomic mass is 32.2. The largest absolute Gasteiger partial charge is 0.467 e. The number of fused-ring (bicyclic) bond motifs is 2. The van der Waals surface area contributed by atoms with E-state index in [1.165, 1.54) is 40.8 Å². The van der Waals surface area contributed by atoms with Crippen LogP contribution in [-0.2, 0) is 30.1 Å². The van der Waals surface area contributed by atoms with Gasteiger partial charge < -0.3 is 14.0 Å². The zero-order chi connectivity index (χ0) is 27.8. The first-order valence-electron chi connectivity index (χ1n) is 12.8. The van der Waals surface area contributed by atoms with E-state index in [1.54, 1.807) is 4.57 Å². The first kappa shape index (κ1) is 26.9. The van der Waals surface area contributed by atoms with Crippen molar-refractivity contribution in [1.82, 2.24) is 14.1 Å². The third kappa shape index (κ3) is 5.12.